The largest absolute Gasteiger partial charge is 0.501 e. The van der Waals surface area contributed by atoms with Crippen molar-refractivity contribution in [3.63, 3.8) is 0 Å². The number of ether oxygens (including phenoxy) is 1. The molecule has 0 aromatic heterocycles. The standard InChI is InChI=1S/C20H30O/c1-2-3-4-5-6-7-8-9-10-14-18-21-19-17-20-15-12-11-13-16-20/h2-3,11-16,18H,4-10,17,19H2,1H3. The predicted octanol–water partition coefficient (Wildman–Crippen LogP) is 6.07. The number of hydrogen-bond donors (Lipinski definition) is 0. The highest BCUT2D eigenvalue weighted by atomic mass is 16.5. The molecule has 0 saturated carbocycles. The molecule has 1 nitrogen and oxygen atoms in total. The van der Waals surface area contributed by atoms with E-state index in [0.717, 1.165) is 19.4 Å². The van der Waals surface area contributed by atoms with Gasteiger partial charge in [0.15, 0.2) is 0 Å². The van der Waals surface area contributed by atoms with Crippen molar-refractivity contribution in [2.75, 3.05) is 6.61 Å². The normalized spacial score (nSPS) is 11.5. The summed E-state index contributed by atoms with van der Waals surface area (Å²) < 4.78 is 5.52. The van der Waals surface area contributed by atoms with Crippen molar-refractivity contribution in [1.29, 1.82) is 0 Å². The topological polar surface area (TPSA) is 9.23 Å². The number of allylic oxidation sites excluding steroid dienone is 3. The number of benzene rings is 1. The van der Waals surface area contributed by atoms with Crippen molar-refractivity contribution in [3.8, 4) is 0 Å². The molecule has 0 amide bonds. The average Bonchev–Trinajstić information content (AvgIpc) is 2.53. The van der Waals surface area contributed by atoms with E-state index in [0.29, 0.717) is 0 Å². The molecule has 1 rings (SSSR count). The molecule has 1 aromatic carbocycles. The molecule has 1 heteroatoms. The van der Waals surface area contributed by atoms with Crippen LogP contribution in [-0.4, -0.2) is 6.61 Å². The first kappa shape index (κ1) is 17.6. The summed E-state index contributed by atoms with van der Waals surface area (Å²) >= 11 is 0. The van der Waals surface area contributed by atoms with E-state index in [4.69, 9.17) is 4.74 Å². The van der Waals surface area contributed by atoms with Gasteiger partial charge in [0.1, 0.15) is 0 Å². The zero-order valence-corrected chi connectivity index (χ0v) is 13.5. The monoisotopic (exact) mass is 286 g/mol. The van der Waals surface area contributed by atoms with Crippen molar-refractivity contribution < 1.29 is 4.74 Å². The van der Waals surface area contributed by atoms with E-state index in [1.807, 2.05) is 12.3 Å². The summed E-state index contributed by atoms with van der Waals surface area (Å²) in [6.45, 7) is 2.86. The molecular weight excluding hydrogens is 256 g/mol. The van der Waals surface area contributed by atoms with E-state index in [-0.39, 0.29) is 0 Å². The van der Waals surface area contributed by atoms with E-state index in [1.165, 1.54) is 44.1 Å². The van der Waals surface area contributed by atoms with Crippen LogP contribution in [0.5, 0.6) is 0 Å². The highest BCUT2D eigenvalue weighted by molar-refractivity contribution is 5.14. The molecule has 1 aromatic rings. The van der Waals surface area contributed by atoms with Crippen LogP contribution in [0.2, 0.25) is 0 Å². The summed E-state index contributed by atoms with van der Waals surface area (Å²) in [6, 6.07) is 10.5. The minimum Gasteiger partial charge on any atom is -0.501 e. The molecule has 0 radical (unpaired) electrons. The molecule has 0 fully saturated rings. The Labute approximate surface area is 130 Å². The number of hydrogen-bond acceptors (Lipinski definition) is 1. The van der Waals surface area contributed by atoms with Gasteiger partial charge < -0.3 is 4.74 Å². The molecule has 0 aliphatic rings. The first-order chi connectivity index (χ1) is 10.4. The molecule has 0 spiro atoms. The Morgan fingerprint density at radius 1 is 0.857 bits per heavy atom. The third kappa shape index (κ3) is 10.9. The summed E-state index contributed by atoms with van der Waals surface area (Å²) in [5.41, 5.74) is 1.34. The van der Waals surface area contributed by atoms with Crippen molar-refractivity contribution >= 4 is 0 Å². The lowest BCUT2D eigenvalue weighted by Crippen LogP contribution is -1.93. The molecule has 0 atom stereocenters. The van der Waals surface area contributed by atoms with Gasteiger partial charge in [0.05, 0.1) is 12.9 Å². The van der Waals surface area contributed by atoms with Gasteiger partial charge in [-0.15, -0.1) is 0 Å². The van der Waals surface area contributed by atoms with Crippen LogP contribution in [0.25, 0.3) is 0 Å². The Morgan fingerprint density at radius 3 is 2.24 bits per heavy atom. The van der Waals surface area contributed by atoms with Crippen molar-refractivity contribution in [1.82, 2.24) is 0 Å². The SMILES string of the molecule is CC=CCCCCCCCC=COCCc1ccccc1. The molecular formula is C20H30O. The van der Waals surface area contributed by atoms with E-state index in [1.54, 1.807) is 0 Å². The van der Waals surface area contributed by atoms with Gasteiger partial charge in [-0.3, -0.25) is 0 Å². The lowest BCUT2D eigenvalue weighted by molar-refractivity contribution is 0.252. The van der Waals surface area contributed by atoms with Crippen LogP contribution in [0.4, 0.5) is 0 Å². The van der Waals surface area contributed by atoms with Gasteiger partial charge in [-0.2, -0.15) is 0 Å². The van der Waals surface area contributed by atoms with Gasteiger partial charge in [-0.05, 0) is 44.2 Å². The Bertz CT molecular complexity index is 378. The summed E-state index contributed by atoms with van der Waals surface area (Å²) in [5.74, 6) is 0. The highest BCUT2D eigenvalue weighted by Crippen LogP contribution is 2.08. The lowest BCUT2D eigenvalue weighted by atomic mass is 10.1. The maximum atomic E-state index is 5.52. The summed E-state index contributed by atoms with van der Waals surface area (Å²) in [4.78, 5) is 0. The fraction of sp³-hybridized carbons (Fsp3) is 0.500. The summed E-state index contributed by atoms with van der Waals surface area (Å²) in [7, 11) is 0. The molecule has 0 aliphatic carbocycles. The maximum absolute atomic E-state index is 5.52. The maximum Gasteiger partial charge on any atom is 0.0913 e. The van der Waals surface area contributed by atoms with Crippen LogP contribution in [0.3, 0.4) is 0 Å². The van der Waals surface area contributed by atoms with Crippen LogP contribution >= 0.6 is 0 Å². The molecule has 21 heavy (non-hydrogen) atoms. The van der Waals surface area contributed by atoms with E-state index < -0.39 is 0 Å². The van der Waals surface area contributed by atoms with Crippen LogP contribution in [-0.2, 0) is 11.2 Å². The second-order valence-corrected chi connectivity index (χ2v) is 5.39. The van der Waals surface area contributed by atoms with E-state index in [2.05, 4.69) is 49.4 Å². The van der Waals surface area contributed by atoms with E-state index >= 15 is 0 Å². The molecule has 0 aliphatic heterocycles. The van der Waals surface area contributed by atoms with Crippen molar-refractivity contribution in [2.24, 2.45) is 0 Å². The average molecular weight is 286 g/mol. The second kappa shape index (κ2) is 13.5. The zero-order chi connectivity index (χ0) is 15.0. The van der Waals surface area contributed by atoms with Gasteiger partial charge in [-0.25, -0.2) is 0 Å². The molecule has 0 unspecified atom stereocenters. The number of rotatable bonds is 12. The Hall–Kier alpha value is -1.50. The molecule has 0 bridgehead atoms. The molecule has 0 N–H and O–H groups in total. The van der Waals surface area contributed by atoms with Crippen molar-refractivity contribution in [3.05, 3.63) is 60.4 Å². The molecule has 116 valence electrons. The quantitative estimate of drug-likeness (QED) is 0.257. The van der Waals surface area contributed by atoms with Gasteiger partial charge in [0.25, 0.3) is 0 Å². The van der Waals surface area contributed by atoms with E-state index in [9.17, 15) is 0 Å². The number of unbranched alkanes of at least 4 members (excludes halogenated alkanes) is 6. The Kier molecular flexibility index (Phi) is 11.3. The van der Waals surface area contributed by atoms with Crippen LogP contribution in [0.1, 0.15) is 57.4 Å². The van der Waals surface area contributed by atoms with Crippen LogP contribution in [0, 0.1) is 0 Å². The van der Waals surface area contributed by atoms with Crippen molar-refractivity contribution in [2.45, 2.75) is 58.3 Å². The molecule has 0 saturated heterocycles. The van der Waals surface area contributed by atoms with Crippen LogP contribution < -0.4 is 0 Å². The Balaban J connectivity index is 1.85. The van der Waals surface area contributed by atoms with Gasteiger partial charge in [0, 0.05) is 6.42 Å². The minimum atomic E-state index is 0.769. The smallest absolute Gasteiger partial charge is 0.0913 e. The second-order valence-electron chi connectivity index (χ2n) is 5.39. The third-order valence-electron chi connectivity index (χ3n) is 3.52. The first-order valence-electron chi connectivity index (χ1n) is 8.35. The fourth-order valence-electron chi connectivity index (χ4n) is 2.25. The zero-order valence-electron chi connectivity index (χ0n) is 13.5. The first-order valence-corrected chi connectivity index (χ1v) is 8.35. The highest BCUT2D eigenvalue weighted by Gasteiger charge is 1.90. The fourth-order valence-corrected chi connectivity index (χ4v) is 2.25. The minimum absolute atomic E-state index is 0.769. The van der Waals surface area contributed by atoms with Gasteiger partial charge in [-0.1, -0.05) is 61.7 Å². The van der Waals surface area contributed by atoms with Gasteiger partial charge >= 0.3 is 0 Å². The third-order valence-corrected chi connectivity index (χ3v) is 3.52. The predicted molar refractivity (Wildman–Crippen MR) is 92.4 cm³/mol. The lowest BCUT2D eigenvalue weighted by Gasteiger charge is -2.01. The van der Waals surface area contributed by atoms with Gasteiger partial charge in [0.2, 0.25) is 0 Å². The van der Waals surface area contributed by atoms with Crippen LogP contribution in [0.15, 0.2) is 54.8 Å². The summed E-state index contributed by atoms with van der Waals surface area (Å²) in [5, 5.41) is 0. The summed E-state index contributed by atoms with van der Waals surface area (Å²) in [6.07, 6.45) is 18.5. The Morgan fingerprint density at radius 2 is 1.52 bits per heavy atom. The molecule has 0 heterocycles.